The normalized spacial score (nSPS) is 17.8. The molecule has 1 aromatic carbocycles. The Hall–Kier alpha value is -2.66. The van der Waals surface area contributed by atoms with E-state index in [-0.39, 0.29) is 0 Å². The number of pyridine rings is 1. The lowest BCUT2D eigenvalue weighted by Gasteiger charge is -2.32. The summed E-state index contributed by atoms with van der Waals surface area (Å²) in [6, 6.07) is 14.5. The summed E-state index contributed by atoms with van der Waals surface area (Å²) in [7, 11) is 3.67. The quantitative estimate of drug-likeness (QED) is 0.691. The summed E-state index contributed by atoms with van der Waals surface area (Å²) in [5.41, 5.74) is 4.57. The van der Waals surface area contributed by atoms with Gasteiger partial charge in [-0.05, 0) is 43.7 Å². The minimum Gasteiger partial charge on any atom is -0.497 e. The van der Waals surface area contributed by atoms with Crippen molar-refractivity contribution in [2.24, 2.45) is 7.05 Å². The van der Waals surface area contributed by atoms with E-state index in [1.165, 1.54) is 24.1 Å². The lowest BCUT2D eigenvalue weighted by molar-refractivity contribution is 0.198. The van der Waals surface area contributed by atoms with E-state index in [2.05, 4.69) is 40.5 Å². The molecular weight excluding hydrogens is 336 g/mol. The predicted molar refractivity (Wildman–Crippen MR) is 107 cm³/mol. The maximum absolute atomic E-state index is 5.35. The molecule has 0 N–H and O–H groups in total. The number of benzene rings is 1. The number of rotatable bonds is 5. The molecule has 3 aromatic rings. The molecule has 1 unspecified atom stereocenters. The van der Waals surface area contributed by atoms with Gasteiger partial charge in [0.1, 0.15) is 5.75 Å². The van der Waals surface area contributed by atoms with Crippen molar-refractivity contribution >= 4 is 0 Å². The molecule has 140 valence electrons. The van der Waals surface area contributed by atoms with E-state index in [1.54, 1.807) is 7.11 Å². The molecule has 27 heavy (non-hydrogen) atoms. The molecule has 0 saturated carbocycles. The van der Waals surface area contributed by atoms with Gasteiger partial charge in [0.15, 0.2) is 0 Å². The molecule has 0 amide bonds. The SMILES string of the molecule is COc1cccc(-c2cccc(C3CCCN(Cc4cnn(C)c4)C3)n2)c1. The molecule has 3 heterocycles. The highest BCUT2D eigenvalue weighted by atomic mass is 16.5. The molecule has 0 bridgehead atoms. The number of nitrogens with zero attached hydrogens (tertiary/aromatic N) is 4. The molecule has 0 aliphatic carbocycles. The van der Waals surface area contributed by atoms with Crippen LogP contribution in [-0.4, -0.2) is 39.9 Å². The first-order chi connectivity index (χ1) is 13.2. The fourth-order valence-corrected chi connectivity index (χ4v) is 3.87. The van der Waals surface area contributed by atoms with Crippen LogP contribution in [0.15, 0.2) is 54.9 Å². The van der Waals surface area contributed by atoms with Gasteiger partial charge >= 0.3 is 0 Å². The second-order valence-electron chi connectivity index (χ2n) is 7.28. The summed E-state index contributed by atoms with van der Waals surface area (Å²) in [5.74, 6) is 1.33. The molecule has 5 nitrogen and oxygen atoms in total. The molecular formula is C22H26N4O. The molecule has 0 radical (unpaired) electrons. The van der Waals surface area contributed by atoms with Crippen molar-refractivity contribution in [2.45, 2.75) is 25.3 Å². The van der Waals surface area contributed by atoms with Gasteiger partial charge in [0, 0.05) is 49.1 Å². The number of hydrogen-bond donors (Lipinski definition) is 0. The van der Waals surface area contributed by atoms with Crippen molar-refractivity contribution in [1.29, 1.82) is 0 Å². The maximum Gasteiger partial charge on any atom is 0.119 e. The molecule has 1 aliphatic rings. The van der Waals surface area contributed by atoms with Crippen LogP contribution in [0.2, 0.25) is 0 Å². The zero-order valence-corrected chi connectivity index (χ0v) is 16.0. The van der Waals surface area contributed by atoms with Gasteiger partial charge in [-0.25, -0.2) is 0 Å². The molecule has 4 rings (SSSR count). The van der Waals surface area contributed by atoms with Crippen LogP contribution in [0.1, 0.15) is 30.0 Å². The van der Waals surface area contributed by atoms with Crippen LogP contribution >= 0.6 is 0 Å². The highest BCUT2D eigenvalue weighted by Crippen LogP contribution is 2.29. The summed E-state index contributed by atoms with van der Waals surface area (Å²) in [5, 5.41) is 4.29. The second kappa shape index (κ2) is 7.92. The Balaban J connectivity index is 1.50. The largest absolute Gasteiger partial charge is 0.497 e. The van der Waals surface area contributed by atoms with Gasteiger partial charge in [-0.15, -0.1) is 0 Å². The number of ether oxygens (including phenoxy) is 1. The summed E-state index contributed by atoms with van der Waals surface area (Å²) in [6.45, 7) is 3.14. The van der Waals surface area contributed by atoms with Gasteiger partial charge in [-0.3, -0.25) is 14.6 Å². The number of likely N-dealkylation sites (tertiary alicyclic amines) is 1. The maximum atomic E-state index is 5.35. The number of methoxy groups -OCH3 is 1. The molecule has 1 saturated heterocycles. The Bertz CT molecular complexity index is 905. The Morgan fingerprint density at radius 2 is 2.07 bits per heavy atom. The van der Waals surface area contributed by atoms with Crippen LogP contribution < -0.4 is 4.74 Å². The molecule has 1 fully saturated rings. The Kier molecular flexibility index (Phi) is 5.21. The molecule has 5 heteroatoms. The first-order valence-electron chi connectivity index (χ1n) is 9.52. The van der Waals surface area contributed by atoms with Crippen molar-refractivity contribution in [3.8, 4) is 17.0 Å². The van der Waals surface area contributed by atoms with E-state index < -0.39 is 0 Å². The van der Waals surface area contributed by atoms with Crippen molar-refractivity contribution in [3.05, 3.63) is 66.1 Å². The fraction of sp³-hybridized carbons (Fsp3) is 0.364. The van der Waals surface area contributed by atoms with Gasteiger partial charge in [-0.2, -0.15) is 5.10 Å². The van der Waals surface area contributed by atoms with E-state index in [0.717, 1.165) is 36.6 Å². The van der Waals surface area contributed by atoms with Gasteiger partial charge in [-0.1, -0.05) is 18.2 Å². The molecule has 1 atom stereocenters. The third kappa shape index (κ3) is 4.19. The Morgan fingerprint density at radius 3 is 2.89 bits per heavy atom. The summed E-state index contributed by atoms with van der Waals surface area (Å²) >= 11 is 0. The third-order valence-corrected chi connectivity index (χ3v) is 5.22. The third-order valence-electron chi connectivity index (χ3n) is 5.22. The average molecular weight is 362 g/mol. The minimum atomic E-state index is 0.473. The van der Waals surface area contributed by atoms with Gasteiger partial charge in [0.05, 0.1) is 19.0 Å². The zero-order valence-electron chi connectivity index (χ0n) is 16.0. The van der Waals surface area contributed by atoms with Crippen molar-refractivity contribution in [1.82, 2.24) is 19.7 Å². The lowest BCUT2D eigenvalue weighted by atomic mass is 9.93. The van der Waals surface area contributed by atoms with Crippen LogP contribution in [0.4, 0.5) is 0 Å². The van der Waals surface area contributed by atoms with Crippen molar-refractivity contribution < 1.29 is 4.74 Å². The highest BCUT2D eigenvalue weighted by molar-refractivity contribution is 5.61. The smallest absolute Gasteiger partial charge is 0.119 e. The zero-order chi connectivity index (χ0) is 18.6. The summed E-state index contributed by atoms with van der Waals surface area (Å²) in [4.78, 5) is 7.51. The van der Waals surface area contributed by atoms with Crippen LogP contribution in [0.3, 0.4) is 0 Å². The van der Waals surface area contributed by atoms with E-state index in [1.807, 2.05) is 36.1 Å². The number of aryl methyl sites for hydroxylation is 1. The van der Waals surface area contributed by atoms with Crippen LogP contribution in [0.5, 0.6) is 5.75 Å². The molecule has 1 aliphatic heterocycles. The van der Waals surface area contributed by atoms with Crippen molar-refractivity contribution in [3.63, 3.8) is 0 Å². The molecule has 2 aromatic heterocycles. The van der Waals surface area contributed by atoms with E-state index in [4.69, 9.17) is 9.72 Å². The van der Waals surface area contributed by atoms with Gasteiger partial charge < -0.3 is 4.74 Å². The van der Waals surface area contributed by atoms with Gasteiger partial charge in [0.2, 0.25) is 0 Å². The minimum absolute atomic E-state index is 0.473. The van der Waals surface area contributed by atoms with Crippen LogP contribution in [0, 0.1) is 0 Å². The van der Waals surface area contributed by atoms with Crippen LogP contribution in [0.25, 0.3) is 11.3 Å². The van der Waals surface area contributed by atoms with Crippen LogP contribution in [-0.2, 0) is 13.6 Å². The van der Waals surface area contributed by atoms with E-state index in [9.17, 15) is 0 Å². The first kappa shape index (κ1) is 17.7. The Labute approximate surface area is 160 Å². The van der Waals surface area contributed by atoms with Crippen molar-refractivity contribution in [2.75, 3.05) is 20.2 Å². The average Bonchev–Trinajstić information content (AvgIpc) is 3.13. The second-order valence-corrected chi connectivity index (χ2v) is 7.28. The van der Waals surface area contributed by atoms with E-state index in [0.29, 0.717) is 5.92 Å². The number of piperidine rings is 1. The van der Waals surface area contributed by atoms with Gasteiger partial charge in [0.25, 0.3) is 0 Å². The topological polar surface area (TPSA) is 43.2 Å². The fourth-order valence-electron chi connectivity index (χ4n) is 3.87. The first-order valence-corrected chi connectivity index (χ1v) is 9.52. The summed E-state index contributed by atoms with van der Waals surface area (Å²) in [6.07, 6.45) is 6.46. The number of aromatic nitrogens is 3. The van der Waals surface area contributed by atoms with E-state index >= 15 is 0 Å². The molecule has 0 spiro atoms. The monoisotopic (exact) mass is 362 g/mol. The lowest BCUT2D eigenvalue weighted by Crippen LogP contribution is -2.34. The standard InChI is InChI=1S/C22H26N4O/c1-25-14-17(13-23-25)15-26-11-5-7-19(16-26)22-10-4-9-21(24-22)18-6-3-8-20(12-18)27-2/h3-4,6,8-10,12-14,19H,5,7,11,15-16H2,1-2H3. The predicted octanol–water partition coefficient (Wildman–Crippen LogP) is 3.87. The highest BCUT2D eigenvalue weighted by Gasteiger charge is 2.23. The number of hydrogen-bond acceptors (Lipinski definition) is 4. The Morgan fingerprint density at radius 1 is 1.19 bits per heavy atom. The summed E-state index contributed by atoms with van der Waals surface area (Å²) < 4.78 is 7.22.